The number of rotatable bonds is 4. The van der Waals surface area contributed by atoms with Gasteiger partial charge in [0.2, 0.25) is 0 Å². The molecule has 1 saturated heterocycles. The molecule has 2 fully saturated rings. The van der Waals surface area contributed by atoms with Gasteiger partial charge in [-0.1, -0.05) is 0 Å². The third kappa shape index (κ3) is 3.04. The number of aryl methyl sites for hydroxylation is 1. The van der Waals surface area contributed by atoms with Gasteiger partial charge in [0.05, 0.1) is 5.69 Å². The maximum Gasteiger partial charge on any atom is 0.140 e. The predicted octanol–water partition coefficient (Wildman–Crippen LogP) is 2.70. The lowest BCUT2D eigenvalue weighted by molar-refractivity contribution is 0.194. The van der Waals surface area contributed by atoms with Crippen molar-refractivity contribution in [1.82, 2.24) is 19.9 Å². The van der Waals surface area contributed by atoms with E-state index in [1.54, 1.807) is 12.1 Å². The first kappa shape index (κ1) is 19.5. The van der Waals surface area contributed by atoms with Crippen LogP contribution in [-0.2, 0) is 12.8 Å². The molecule has 2 aromatic heterocycles. The summed E-state index contributed by atoms with van der Waals surface area (Å²) < 4.78 is 14.5. The van der Waals surface area contributed by atoms with E-state index in [0.717, 1.165) is 70.6 Å². The van der Waals surface area contributed by atoms with Crippen LogP contribution >= 0.6 is 0 Å². The van der Waals surface area contributed by atoms with Gasteiger partial charge in [-0.25, -0.2) is 24.3 Å². The number of benzene rings is 1. The zero-order valence-electron chi connectivity index (χ0n) is 18.3. The van der Waals surface area contributed by atoms with Crippen LogP contribution in [0.2, 0.25) is 0 Å². The number of anilines is 2. The standard InChI is InChI=1S/C24H26FN7/c1-12-28-8-13(9-29-12)3-22-30-21-7-16-17(5-15(25)6-20(16)27-2)23(21)24(31-22)32-10-14-4-19(26)18(14)11-32/h5-6,8-9,14,18-19,27H,3-4,7,10-11,26H2,1-2H3. The van der Waals surface area contributed by atoms with Gasteiger partial charge < -0.3 is 16.0 Å². The second kappa shape index (κ2) is 7.20. The van der Waals surface area contributed by atoms with Crippen molar-refractivity contribution in [3.8, 4) is 11.1 Å². The van der Waals surface area contributed by atoms with Crippen LogP contribution in [0.1, 0.15) is 34.9 Å². The minimum Gasteiger partial charge on any atom is -0.388 e. The highest BCUT2D eigenvalue weighted by atomic mass is 19.1. The number of nitrogens with one attached hydrogen (secondary N) is 1. The molecule has 1 aromatic carbocycles. The van der Waals surface area contributed by atoms with Gasteiger partial charge in [-0.05, 0) is 54.0 Å². The number of halogens is 1. The monoisotopic (exact) mass is 431 g/mol. The normalized spacial score (nSPS) is 22.9. The topological polar surface area (TPSA) is 92.8 Å². The minimum absolute atomic E-state index is 0.253. The van der Waals surface area contributed by atoms with E-state index >= 15 is 0 Å². The zero-order valence-corrected chi connectivity index (χ0v) is 18.3. The molecule has 164 valence electrons. The Balaban J connectivity index is 1.46. The number of hydrogen-bond donors (Lipinski definition) is 2. The Morgan fingerprint density at radius 2 is 2.00 bits per heavy atom. The fourth-order valence-electron chi connectivity index (χ4n) is 5.52. The summed E-state index contributed by atoms with van der Waals surface area (Å²) >= 11 is 0. The van der Waals surface area contributed by atoms with Crippen molar-refractivity contribution < 1.29 is 4.39 Å². The molecule has 3 heterocycles. The van der Waals surface area contributed by atoms with Gasteiger partial charge in [-0.3, -0.25) is 0 Å². The molecule has 3 aromatic rings. The van der Waals surface area contributed by atoms with Crippen molar-refractivity contribution in [3.05, 3.63) is 58.8 Å². The molecule has 3 atom stereocenters. The summed E-state index contributed by atoms with van der Waals surface area (Å²) in [5.41, 5.74) is 11.9. The fraction of sp³-hybridized carbons (Fsp3) is 0.417. The van der Waals surface area contributed by atoms with Crippen LogP contribution in [0.4, 0.5) is 15.9 Å². The van der Waals surface area contributed by atoms with E-state index in [2.05, 4.69) is 20.2 Å². The van der Waals surface area contributed by atoms with Crippen molar-refractivity contribution in [2.75, 3.05) is 30.4 Å². The molecule has 2 aliphatic carbocycles. The molecule has 0 amide bonds. The molecule has 3 N–H and O–H groups in total. The van der Waals surface area contributed by atoms with E-state index in [-0.39, 0.29) is 11.9 Å². The molecule has 3 unspecified atom stereocenters. The number of nitrogens with zero attached hydrogens (tertiary/aromatic N) is 5. The van der Waals surface area contributed by atoms with E-state index in [1.807, 2.05) is 26.4 Å². The van der Waals surface area contributed by atoms with Crippen LogP contribution in [0, 0.1) is 24.6 Å². The average Bonchev–Trinajstić information content (AvgIpc) is 3.31. The maximum atomic E-state index is 14.5. The van der Waals surface area contributed by atoms with E-state index in [9.17, 15) is 4.39 Å². The Morgan fingerprint density at radius 3 is 2.72 bits per heavy atom. The smallest absolute Gasteiger partial charge is 0.140 e. The first-order valence-electron chi connectivity index (χ1n) is 11.2. The second-order valence-corrected chi connectivity index (χ2v) is 9.24. The molecule has 6 rings (SSSR count). The average molecular weight is 432 g/mol. The van der Waals surface area contributed by atoms with E-state index in [4.69, 9.17) is 15.7 Å². The Labute approximate surface area is 186 Å². The highest BCUT2D eigenvalue weighted by Crippen LogP contribution is 2.48. The second-order valence-electron chi connectivity index (χ2n) is 9.24. The lowest BCUT2D eigenvalue weighted by Crippen LogP contribution is -2.46. The summed E-state index contributed by atoms with van der Waals surface area (Å²) in [6.07, 6.45) is 5.95. The van der Waals surface area contributed by atoms with Crippen molar-refractivity contribution >= 4 is 11.5 Å². The third-order valence-corrected chi connectivity index (χ3v) is 7.22. The summed E-state index contributed by atoms with van der Waals surface area (Å²) in [4.78, 5) is 20.9. The number of hydrogen-bond acceptors (Lipinski definition) is 7. The highest BCUT2D eigenvalue weighted by molar-refractivity contribution is 5.88. The Hall–Kier alpha value is -3.13. The fourth-order valence-corrected chi connectivity index (χ4v) is 5.52. The van der Waals surface area contributed by atoms with Crippen LogP contribution < -0.4 is 16.0 Å². The van der Waals surface area contributed by atoms with Crippen LogP contribution in [0.15, 0.2) is 24.5 Å². The van der Waals surface area contributed by atoms with E-state index < -0.39 is 0 Å². The summed E-state index contributed by atoms with van der Waals surface area (Å²) in [6.45, 7) is 3.71. The molecule has 0 radical (unpaired) electrons. The van der Waals surface area contributed by atoms with Gasteiger partial charge in [0.25, 0.3) is 0 Å². The molecular formula is C24H26FN7. The van der Waals surface area contributed by atoms with Crippen molar-refractivity contribution in [2.24, 2.45) is 17.6 Å². The Morgan fingerprint density at radius 1 is 1.19 bits per heavy atom. The maximum absolute atomic E-state index is 14.5. The van der Waals surface area contributed by atoms with Gasteiger partial charge in [0, 0.05) is 62.7 Å². The highest BCUT2D eigenvalue weighted by Gasteiger charge is 2.46. The largest absolute Gasteiger partial charge is 0.388 e. The third-order valence-electron chi connectivity index (χ3n) is 7.22. The van der Waals surface area contributed by atoms with Crippen molar-refractivity contribution in [3.63, 3.8) is 0 Å². The van der Waals surface area contributed by atoms with Gasteiger partial charge in [-0.2, -0.15) is 0 Å². The van der Waals surface area contributed by atoms with Crippen molar-refractivity contribution in [1.29, 1.82) is 0 Å². The van der Waals surface area contributed by atoms with Crippen LogP contribution in [0.25, 0.3) is 11.1 Å². The van der Waals surface area contributed by atoms with E-state index in [1.165, 1.54) is 0 Å². The first-order valence-corrected chi connectivity index (χ1v) is 11.2. The Bertz CT molecular complexity index is 1210. The molecule has 7 nitrogen and oxygen atoms in total. The zero-order chi connectivity index (χ0) is 22.0. The predicted molar refractivity (Wildman–Crippen MR) is 121 cm³/mol. The summed E-state index contributed by atoms with van der Waals surface area (Å²) in [6, 6.07) is 3.45. The van der Waals surface area contributed by atoms with Gasteiger partial charge in [0.15, 0.2) is 0 Å². The number of aromatic nitrogens is 4. The number of nitrogens with two attached hydrogens (primary N) is 1. The van der Waals surface area contributed by atoms with Crippen LogP contribution in [-0.4, -0.2) is 46.1 Å². The van der Waals surface area contributed by atoms with Crippen LogP contribution in [0.3, 0.4) is 0 Å². The lowest BCUT2D eigenvalue weighted by atomic mass is 9.72. The van der Waals surface area contributed by atoms with Crippen LogP contribution in [0.5, 0.6) is 0 Å². The van der Waals surface area contributed by atoms with Gasteiger partial charge in [-0.15, -0.1) is 0 Å². The molecule has 0 bridgehead atoms. The molecule has 0 spiro atoms. The lowest BCUT2D eigenvalue weighted by Gasteiger charge is -2.36. The van der Waals surface area contributed by atoms with Gasteiger partial charge >= 0.3 is 0 Å². The SMILES string of the molecule is CNc1cc(F)cc2c1Cc1nc(Cc3cnc(C)nc3)nc(N3CC4CC(N)C4C3)c1-2. The summed E-state index contributed by atoms with van der Waals surface area (Å²) in [5.74, 6) is 3.27. The molecular weight excluding hydrogens is 405 g/mol. The Kier molecular flexibility index (Phi) is 4.40. The molecule has 1 saturated carbocycles. The minimum atomic E-state index is -0.253. The first-order chi connectivity index (χ1) is 15.5. The molecule has 32 heavy (non-hydrogen) atoms. The molecule has 1 aliphatic heterocycles. The van der Waals surface area contributed by atoms with Crippen molar-refractivity contribution in [2.45, 2.75) is 32.2 Å². The van der Waals surface area contributed by atoms with Gasteiger partial charge in [0.1, 0.15) is 23.3 Å². The molecule has 3 aliphatic rings. The molecule has 8 heteroatoms. The summed E-state index contributed by atoms with van der Waals surface area (Å²) in [5, 5.41) is 3.15. The summed E-state index contributed by atoms with van der Waals surface area (Å²) in [7, 11) is 1.83. The van der Waals surface area contributed by atoms with E-state index in [0.29, 0.717) is 24.7 Å². The number of fused-ring (bicyclic) bond motifs is 4. The quantitative estimate of drug-likeness (QED) is 0.513.